The van der Waals surface area contributed by atoms with Gasteiger partial charge in [-0.3, -0.25) is 0 Å². The van der Waals surface area contributed by atoms with Crippen molar-refractivity contribution in [2.24, 2.45) is 5.73 Å². The van der Waals surface area contributed by atoms with Crippen LogP contribution >= 0.6 is 9.24 Å². The fraction of sp³-hybridized carbons (Fsp3) is 0.333. The molecule has 4 nitrogen and oxygen atoms in total. The molecule has 1 aliphatic heterocycles. The van der Waals surface area contributed by atoms with Crippen LogP contribution < -0.4 is 20.3 Å². The number of halogens is 2. The maximum absolute atomic E-state index is 12.8. The van der Waals surface area contributed by atoms with E-state index in [4.69, 9.17) is 5.73 Å². The Morgan fingerprint density at radius 3 is 2.28 bits per heavy atom. The average Bonchev–Trinajstić information content (AvgIpc) is 2.53. The van der Waals surface area contributed by atoms with Gasteiger partial charge in [-0.1, -0.05) is 12.1 Å². The molecule has 1 saturated heterocycles. The summed E-state index contributed by atoms with van der Waals surface area (Å²) >= 11 is 0. The highest BCUT2D eigenvalue weighted by Gasteiger charge is 2.30. The minimum atomic E-state index is -3.24. The summed E-state index contributed by atoms with van der Waals surface area (Å²) < 4.78 is 30.1. The van der Waals surface area contributed by atoms with Crippen molar-refractivity contribution in [2.45, 2.75) is 18.4 Å². The first-order valence-electron chi connectivity index (χ1n) is 8.08. The van der Waals surface area contributed by atoms with Gasteiger partial charge in [-0.05, 0) is 51.2 Å². The molecule has 134 valence electrons. The van der Waals surface area contributed by atoms with E-state index in [0.717, 1.165) is 30.0 Å². The Labute approximate surface area is 148 Å². The minimum absolute atomic E-state index is 0.151. The van der Waals surface area contributed by atoms with Crippen molar-refractivity contribution in [1.82, 2.24) is 0 Å². The summed E-state index contributed by atoms with van der Waals surface area (Å²) in [5, 5.41) is 0. The van der Waals surface area contributed by atoms with Gasteiger partial charge in [0.1, 0.15) is 5.75 Å². The zero-order valence-corrected chi connectivity index (χ0v) is 15.2. The highest BCUT2D eigenvalue weighted by Crippen LogP contribution is 2.31. The Kier molecular flexibility index (Phi) is 5.11. The zero-order chi connectivity index (χ0) is 18.0. The predicted molar refractivity (Wildman–Crippen MR) is 100 cm³/mol. The number of nitrogens with zero attached hydrogens (tertiary/aromatic N) is 2. The van der Waals surface area contributed by atoms with Crippen molar-refractivity contribution in [3.05, 3.63) is 54.1 Å². The van der Waals surface area contributed by atoms with Crippen molar-refractivity contribution in [2.75, 3.05) is 29.9 Å². The minimum Gasteiger partial charge on any atom is -0.430 e. The van der Waals surface area contributed by atoms with Crippen LogP contribution in [0.15, 0.2) is 48.5 Å². The van der Waals surface area contributed by atoms with Crippen LogP contribution in [0.5, 0.6) is 5.75 Å². The Bertz CT molecular complexity index is 698. The predicted octanol–water partition coefficient (Wildman–Crippen LogP) is 3.27. The SMILES string of the molecule is CN(c1ccc(CN)cc1)C1CN(c2ccc(OC(F)(F)P)cc2)C1. The van der Waals surface area contributed by atoms with E-state index in [-0.39, 0.29) is 5.75 Å². The van der Waals surface area contributed by atoms with Gasteiger partial charge in [0.05, 0.1) is 6.04 Å². The van der Waals surface area contributed by atoms with E-state index < -0.39 is 5.85 Å². The van der Waals surface area contributed by atoms with Gasteiger partial charge >= 0.3 is 5.85 Å². The summed E-state index contributed by atoms with van der Waals surface area (Å²) in [5.74, 6) is -3.09. The molecule has 7 heteroatoms. The van der Waals surface area contributed by atoms with Gasteiger partial charge < -0.3 is 20.3 Å². The lowest BCUT2D eigenvalue weighted by atomic mass is 10.0. The Hall–Kier alpha value is -1.91. The molecular weight excluding hydrogens is 343 g/mol. The second kappa shape index (κ2) is 7.14. The third-order valence-electron chi connectivity index (χ3n) is 4.45. The molecule has 0 radical (unpaired) electrons. The Morgan fingerprint density at radius 2 is 1.76 bits per heavy atom. The van der Waals surface area contributed by atoms with Gasteiger partial charge in [-0.2, -0.15) is 8.78 Å². The molecule has 2 N–H and O–H groups in total. The van der Waals surface area contributed by atoms with Crippen LogP contribution in [0.4, 0.5) is 20.2 Å². The van der Waals surface area contributed by atoms with E-state index in [1.165, 1.54) is 9.24 Å². The lowest BCUT2D eigenvalue weighted by Gasteiger charge is -2.46. The molecule has 2 aromatic carbocycles. The lowest BCUT2D eigenvalue weighted by Crippen LogP contribution is -2.58. The van der Waals surface area contributed by atoms with E-state index in [9.17, 15) is 8.78 Å². The molecule has 2 aromatic rings. The molecular formula is C18H22F2N3OP. The van der Waals surface area contributed by atoms with Gasteiger partial charge in [0.15, 0.2) is 0 Å². The van der Waals surface area contributed by atoms with Crippen molar-refractivity contribution in [1.29, 1.82) is 0 Å². The number of alkyl halides is 2. The summed E-state index contributed by atoms with van der Waals surface area (Å²) in [6.07, 6.45) is 0. The van der Waals surface area contributed by atoms with E-state index in [1.807, 2.05) is 12.1 Å². The monoisotopic (exact) mass is 365 g/mol. The molecule has 0 saturated carbocycles. The number of ether oxygens (including phenoxy) is 1. The first kappa shape index (κ1) is 17.9. The first-order valence-corrected chi connectivity index (χ1v) is 8.66. The number of nitrogens with two attached hydrogens (primary N) is 1. The molecule has 1 atom stereocenters. The molecule has 25 heavy (non-hydrogen) atoms. The number of benzene rings is 2. The average molecular weight is 365 g/mol. The number of rotatable bonds is 6. The van der Waals surface area contributed by atoms with Crippen LogP contribution in [0, 0.1) is 0 Å². The number of hydrogen-bond acceptors (Lipinski definition) is 4. The second-order valence-corrected chi connectivity index (χ2v) is 6.87. The van der Waals surface area contributed by atoms with Crippen LogP contribution in [-0.4, -0.2) is 32.0 Å². The Morgan fingerprint density at radius 1 is 1.16 bits per heavy atom. The summed E-state index contributed by atoms with van der Waals surface area (Å²) in [6, 6.07) is 15.4. The molecule has 1 heterocycles. The molecule has 1 fully saturated rings. The van der Waals surface area contributed by atoms with E-state index >= 15 is 0 Å². The third kappa shape index (κ3) is 4.39. The van der Waals surface area contributed by atoms with Crippen LogP contribution in [0.3, 0.4) is 0 Å². The highest BCUT2D eigenvalue weighted by atomic mass is 31.0. The van der Waals surface area contributed by atoms with E-state index in [2.05, 4.69) is 33.7 Å². The van der Waals surface area contributed by atoms with Crippen molar-refractivity contribution in [3.8, 4) is 5.75 Å². The zero-order valence-electron chi connectivity index (χ0n) is 14.0. The lowest BCUT2D eigenvalue weighted by molar-refractivity contribution is -0.0892. The quantitative estimate of drug-likeness (QED) is 0.798. The fourth-order valence-electron chi connectivity index (χ4n) is 2.87. The van der Waals surface area contributed by atoms with Crippen molar-refractivity contribution < 1.29 is 13.5 Å². The van der Waals surface area contributed by atoms with Crippen LogP contribution in [-0.2, 0) is 6.54 Å². The Balaban J connectivity index is 1.56. The third-order valence-corrected chi connectivity index (χ3v) is 4.56. The summed E-state index contributed by atoms with van der Waals surface area (Å²) in [6.45, 7) is 2.31. The molecule has 0 bridgehead atoms. The molecule has 0 spiro atoms. The standard InChI is InChI=1S/C18H22F2N3OP/c1-22(14-4-2-13(10-21)3-5-14)16-11-23(12-16)15-6-8-17(9-7-15)24-18(19,20)25/h2-9,16H,10-12,21,25H2,1H3. The van der Waals surface area contributed by atoms with Crippen LogP contribution in [0.2, 0.25) is 0 Å². The van der Waals surface area contributed by atoms with Gasteiger partial charge in [0.2, 0.25) is 0 Å². The summed E-state index contributed by atoms with van der Waals surface area (Å²) in [7, 11) is 3.45. The van der Waals surface area contributed by atoms with Crippen LogP contribution in [0.1, 0.15) is 5.56 Å². The maximum Gasteiger partial charge on any atom is 0.408 e. The molecule has 0 aromatic heterocycles. The van der Waals surface area contributed by atoms with Crippen molar-refractivity contribution >= 4 is 20.6 Å². The van der Waals surface area contributed by atoms with Gasteiger partial charge in [-0.25, -0.2) is 0 Å². The topological polar surface area (TPSA) is 41.7 Å². The van der Waals surface area contributed by atoms with E-state index in [1.54, 1.807) is 24.3 Å². The number of hydrogen-bond donors (Lipinski definition) is 1. The molecule has 3 rings (SSSR count). The van der Waals surface area contributed by atoms with Crippen molar-refractivity contribution in [3.63, 3.8) is 0 Å². The second-order valence-electron chi connectivity index (χ2n) is 6.20. The van der Waals surface area contributed by atoms with E-state index in [0.29, 0.717) is 12.6 Å². The van der Waals surface area contributed by atoms with Crippen LogP contribution in [0.25, 0.3) is 0 Å². The normalized spacial score (nSPS) is 15.0. The maximum atomic E-state index is 12.8. The highest BCUT2D eigenvalue weighted by molar-refractivity contribution is 7.17. The van der Waals surface area contributed by atoms with Gasteiger partial charge in [0, 0.05) is 38.1 Å². The summed E-state index contributed by atoms with van der Waals surface area (Å²) in [4.78, 5) is 4.46. The first-order chi connectivity index (χ1) is 11.9. The molecule has 1 unspecified atom stereocenters. The summed E-state index contributed by atoms with van der Waals surface area (Å²) in [5.41, 5.74) is 8.91. The fourth-order valence-corrected chi connectivity index (χ4v) is 3.01. The molecule has 0 aliphatic carbocycles. The largest absolute Gasteiger partial charge is 0.430 e. The smallest absolute Gasteiger partial charge is 0.408 e. The molecule has 1 aliphatic rings. The van der Waals surface area contributed by atoms with Gasteiger partial charge in [-0.15, -0.1) is 0 Å². The number of likely N-dealkylation sites (N-methyl/N-ethyl adjacent to an activating group) is 1. The van der Waals surface area contributed by atoms with Gasteiger partial charge in [0.25, 0.3) is 0 Å². The molecule has 0 amide bonds. The number of anilines is 2.